The van der Waals surface area contributed by atoms with Crippen molar-refractivity contribution in [3.63, 3.8) is 0 Å². The maximum absolute atomic E-state index is 12.6. The SMILES string of the molecule is CC1CCCCC1N(C)C(=O)N(CCC(=O)O)C1CC1. The van der Waals surface area contributed by atoms with Gasteiger partial charge in [-0.05, 0) is 31.6 Å². The fourth-order valence-corrected chi connectivity index (χ4v) is 3.25. The average Bonchev–Trinajstić information content (AvgIpc) is 3.23. The highest BCUT2D eigenvalue weighted by Gasteiger charge is 2.37. The van der Waals surface area contributed by atoms with Crippen LogP contribution in [0.25, 0.3) is 0 Å². The first-order valence-corrected chi connectivity index (χ1v) is 7.76. The average molecular weight is 282 g/mol. The fourth-order valence-electron chi connectivity index (χ4n) is 3.25. The molecule has 114 valence electrons. The second kappa shape index (κ2) is 6.46. The molecule has 2 aliphatic rings. The first-order chi connectivity index (χ1) is 9.50. The van der Waals surface area contributed by atoms with Gasteiger partial charge in [-0.25, -0.2) is 4.79 Å². The van der Waals surface area contributed by atoms with Crippen LogP contribution in [-0.4, -0.2) is 52.6 Å². The minimum absolute atomic E-state index is 0.0208. The van der Waals surface area contributed by atoms with Crippen molar-refractivity contribution >= 4 is 12.0 Å². The van der Waals surface area contributed by atoms with E-state index in [1.54, 1.807) is 4.90 Å². The number of nitrogens with zero attached hydrogens (tertiary/aromatic N) is 2. The third-order valence-corrected chi connectivity index (χ3v) is 4.67. The zero-order chi connectivity index (χ0) is 14.7. The number of amides is 2. The van der Waals surface area contributed by atoms with E-state index in [1.165, 1.54) is 19.3 Å². The molecule has 0 aromatic carbocycles. The zero-order valence-corrected chi connectivity index (χ0v) is 12.5. The van der Waals surface area contributed by atoms with E-state index in [0.717, 1.165) is 19.3 Å². The summed E-state index contributed by atoms with van der Waals surface area (Å²) >= 11 is 0. The largest absolute Gasteiger partial charge is 0.481 e. The van der Waals surface area contributed by atoms with Gasteiger partial charge in [-0.3, -0.25) is 4.79 Å². The first kappa shape index (κ1) is 15.1. The Bertz CT molecular complexity index is 368. The Morgan fingerprint density at radius 3 is 2.35 bits per heavy atom. The summed E-state index contributed by atoms with van der Waals surface area (Å²) in [5, 5.41) is 8.82. The Balaban J connectivity index is 1.96. The molecule has 0 bridgehead atoms. The number of urea groups is 1. The number of hydrogen-bond acceptors (Lipinski definition) is 2. The van der Waals surface area contributed by atoms with Crippen LogP contribution in [0.2, 0.25) is 0 Å². The Kier molecular flexibility index (Phi) is 4.89. The second-order valence-corrected chi connectivity index (χ2v) is 6.29. The van der Waals surface area contributed by atoms with E-state index in [1.807, 2.05) is 11.9 Å². The van der Waals surface area contributed by atoms with E-state index in [-0.39, 0.29) is 18.5 Å². The van der Waals surface area contributed by atoms with E-state index in [0.29, 0.717) is 18.5 Å². The predicted octanol–water partition coefficient (Wildman–Crippen LogP) is 2.56. The molecule has 2 amide bonds. The summed E-state index contributed by atoms with van der Waals surface area (Å²) in [6.45, 7) is 2.55. The third kappa shape index (κ3) is 3.64. The third-order valence-electron chi connectivity index (χ3n) is 4.67. The molecular formula is C15H26N2O3. The van der Waals surface area contributed by atoms with E-state index in [2.05, 4.69) is 6.92 Å². The van der Waals surface area contributed by atoms with Gasteiger partial charge in [-0.1, -0.05) is 19.8 Å². The molecular weight excluding hydrogens is 256 g/mol. The van der Waals surface area contributed by atoms with Crippen molar-refractivity contribution in [1.82, 2.24) is 9.80 Å². The van der Waals surface area contributed by atoms with Gasteiger partial charge >= 0.3 is 12.0 Å². The van der Waals surface area contributed by atoms with E-state index < -0.39 is 5.97 Å². The fraction of sp³-hybridized carbons (Fsp3) is 0.867. The lowest BCUT2D eigenvalue weighted by Gasteiger charge is -2.39. The van der Waals surface area contributed by atoms with Gasteiger partial charge in [0, 0.05) is 25.7 Å². The van der Waals surface area contributed by atoms with Crippen LogP contribution in [-0.2, 0) is 4.79 Å². The van der Waals surface area contributed by atoms with E-state index in [4.69, 9.17) is 5.11 Å². The maximum atomic E-state index is 12.6. The van der Waals surface area contributed by atoms with Crippen LogP contribution in [0.15, 0.2) is 0 Å². The summed E-state index contributed by atoms with van der Waals surface area (Å²) in [5.41, 5.74) is 0. The molecule has 5 heteroatoms. The molecule has 0 radical (unpaired) electrons. The molecule has 1 N–H and O–H groups in total. The highest BCUT2D eigenvalue weighted by atomic mass is 16.4. The van der Waals surface area contributed by atoms with Gasteiger partial charge in [0.15, 0.2) is 0 Å². The number of carboxylic acids is 1. The molecule has 2 fully saturated rings. The summed E-state index contributed by atoms with van der Waals surface area (Å²) in [7, 11) is 1.88. The van der Waals surface area contributed by atoms with E-state index >= 15 is 0 Å². The van der Waals surface area contributed by atoms with Gasteiger partial charge in [0.05, 0.1) is 6.42 Å². The highest BCUT2D eigenvalue weighted by molar-refractivity contribution is 5.76. The summed E-state index contributed by atoms with van der Waals surface area (Å²) in [6.07, 6.45) is 6.76. The molecule has 0 heterocycles. The minimum atomic E-state index is -0.836. The van der Waals surface area contributed by atoms with Gasteiger partial charge in [0.2, 0.25) is 0 Å². The van der Waals surface area contributed by atoms with Crippen LogP contribution in [0.5, 0.6) is 0 Å². The number of carbonyl (C=O) groups is 2. The number of carboxylic acid groups (broad SMARTS) is 1. The molecule has 0 aliphatic heterocycles. The summed E-state index contributed by atoms with van der Waals surface area (Å²) in [6, 6.07) is 0.595. The van der Waals surface area contributed by atoms with Crippen molar-refractivity contribution in [2.45, 2.75) is 64.0 Å². The van der Waals surface area contributed by atoms with Crippen molar-refractivity contribution in [3.8, 4) is 0 Å². The minimum Gasteiger partial charge on any atom is -0.481 e. The van der Waals surface area contributed by atoms with Crippen LogP contribution in [0.1, 0.15) is 51.9 Å². The van der Waals surface area contributed by atoms with Gasteiger partial charge in [-0.2, -0.15) is 0 Å². The Hall–Kier alpha value is -1.26. The number of rotatable bonds is 5. The molecule has 2 atom stereocenters. The lowest BCUT2D eigenvalue weighted by Crippen LogP contribution is -2.50. The van der Waals surface area contributed by atoms with Gasteiger partial charge in [-0.15, -0.1) is 0 Å². The molecule has 2 rings (SSSR count). The summed E-state index contributed by atoms with van der Waals surface area (Å²) in [5.74, 6) is -0.296. The molecule has 0 aromatic heterocycles. The smallest absolute Gasteiger partial charge is 0.320 e. The molecule has 2 aliphatic carbocycles. The van der Waals surface area contributed by atoms with Crippen LogP contribution >= 0.6 is 0 Å². The standard InChI is InChI=1S/C15H26N2O3/c1-11-5-3-4-6-13(11)16(2)15(20)17(12-7-8-12)10-9-14(18)19/h11-13H,3-10H2,1-2H3,(H,18,19). The van der Waals surface area contributed by atoms with Crippen LogP contribution in [0.3, 0.4) is 0 Å². The van der Waals surface area contributed by atoms with E-state index in [9.17, 15) is 9.59 Å². The molecule has 5 nitrogen and oxygen atoms in total. The van der Waals surface area contributed by atoms with Crippen molar-refractivity contribution in [1.29, 1.82) is 0 Å². The molecule has 2 unspecified atom stereocenters. The zero-order valence-electron chi connectivity index (χ0n) is 12.5. The lowest BCUT2D eigenvalue weighted by molar-refractivity contribution is -0.137. The van der Waals surface area contributed by atoms with Crippen LogP contribution in [0.4, 0.5) is 4.79 Å². The van der Waals surface area contributed by atoms with Crippen molar-refractivity contribution < 1.29 is 14.7 Å². The monoisotopic (exact) mass is 282 g/mol. The Morgan fingerprint density at radius 2 is 1.80 bits per heavy atom. The Labute approximate surface area is 120 Å². The number of carbonyl (C=O) groups excluding carboxylic acids is 1. The Morgan fingerprint density at radius 1 is 1.15 bits per heavy atom. The number of hydrogen-bond donors (Lipinski definition) is 1. The van der Waals surface area contributed by atoms with Crippen molar-refractivity contribution in [2.24, 2.45) is 5.92 Å². The molecule has 0 saturated heterocycles. The topological polar surface area (TPSA) is 60.9 Å². The number of aliphatic carboxylic acids is 1. The van der Waals surface area contributed by atoms with Gasteiger partial charge in [0.1, 0.15) is 0 Å². The van der Waals surface area contributed by atoms with Crippen molar-refractivity contribution in [2.75, 3.05) is 13.6 Å². The quantitative estimate of drug-likeness (QED) is 0.843. The van der Waals surface area contributed by atoms with Crippen LogP contribution in [0, 0.1) is 5.92 Å². The summed E-state index contributed by atoms with van der Waals surface area (Å²) in [4.78, 5) is 27.0. The molecule has 0 spiro atoms. The highest BCUT2D eigenvalue weighted by Crippen LogP contribution is 2.31. The molecule has 2 saturated carbocycles. The summed E-state index contributed by atoms with van der Waals surface area (Å²) < 4.78 is 0. The van der Waals surface area contributed by atoms with Crippen LogP contribution < -0.4 is 0 Å². The maximum Gasteiger partial charge on any atom is 0.320 e. The van der Waals surface area contributed by atoms with Crippen molar-refractivity contribution in [3.05, 3.63) is 0 Å². The lowest BCUT2D eigenvalue weighted by atomic mass is 9.85. The first-order valence-electron chi connectivity index (χ1n) is 7.76. The second-order valence-electron chi connectivity index (χ2n) is 6.29. The molecule has 0 aromatic rings. The van der Waals surface area contributed by atoms with Gasteiger partial charge < -0.3 is 14.9 Å². The van der Waals surface area contributed by atoms with Gasteiger partial charge in [0.25, 0.3) is 0 Å². The normalized spacial score (nSPS) is 26.1. The predicted molar refractivity (Wildman–Crippen MR) is 76.6 cm³/mol. The molecule has 20 heavy (non-hydrogen) atoms.